The summed E-state index contributed by atoms with van der Waals surface area (Å²) < 4.78 is 5.96. The Morgan fingerprint density at radius 3 is 2.77 bits per heavy atom. The molecule has 22 heavy (non-hydrogen) atoms. The van der Waals surface area contributed by atoms with E-state index in [9.17, 15) is 9.90 Å². The van der Waals surface area contributed by atoms with Crippen LogP contribution in [0.25, 0.3) is 0 Å². The summed E-state index contributed by atoms with van der Waals surface area (Å²) in [5, 5.41) is 12.2. The first-order valence-corrected chi connectivity index (χ1v) is 8.02. The molecule has 0 spiro atoms. The average molecular weight is 305 g/mol. The monoisotopic (exact) mass is 305 g/mol. The number of amides is 1. The van der Waals surface area contributed by atoms with Crippen LogP contribution in [0.2, 0.25) is 0 Å². The van der Waals surface area contributed by atoms with E-state index in [0.717, 1.165) is 24.2 Å². The molecule has 1 aliphatic rings. The van der Waals surface area contributed by atoms with Crippen LogP contribution < -0.4 is 10.1 Å². The van der Waals surface area contributed by atoms with Gasteiger partial charge in [-0.3, -0.25) is 4.79 Å². The van der Waals surface area contributed by atoms with Gasteiger partial charge in [0.25, 0.3) is 0 Å². The standard InChI is InChI=1S/C18H27NO3/c1-12(2)15(11-20)19-17(21)10-13-5-6-16-14(9-13)7-8-18(3,4)22-16/h5-6,9,12,15,20H,7-8,10-11H2,1-4H3,(H,19,21)/t15-/m1/s1. The molecule has 122 valence electrons. The Bertz CT molecular complexity index is 537. The summed E-state index contributed by atoms with van der Waals surface area (Å²) in [5.74, 6) is 1.09. The highest BCUT2D eigenvalue weighted by atomic mass is 16.5. The minimum absolute atomic E-state index is 0.0312. The van der Waals surface area contributed by atoms with Crippen molar-refractivity contribution in [2.24, 2.45) is 5.92 Å². The number of aliphatic hydroxyl groups excluding tert-OH is 1. The smallest absolute Gasteiger partial charge is 0.224 e. The maximum atomic E-state index is 12.1. The van der Waals surface area contributed by atoms with Crippen molar-refractivity contribution in [1.29, 1.82) is 0 Å². The van der Waals surface area contributed by atoms with E-state index in [1.165, 1.54) is 5.56 Å². The summed E-state index contributed by atoms with van der Waals surface area (Å²) >= 11 is 0. The van der Waals surface area contributed by atoms with Gasteiger partial charge in [0.05, 0.1) is 19.1 Å². The van der Waals surface area contributed by atoms with E-state index < -0.39 is 0 Å². The van der Waals surface area contributed by atoms with Crippen LogP contribution in [-0.4, -0.2) is 29.3 Å². The van der Waals surface area contributed by atoms with Crippen LogP contribution in [0.4, 0.5) is 0 Å². The number of carbonyl (C=O) groups is 1. The third-order valence-corrected chi connectivity index (χ3v) is 4.22. The Balaban J connectivity index is 2.01. The van der Waals surface area contributed by atoms with Crippen LogP contribution in [0.5, 0.6) is 5.75 Å². The number of benzene rings is 1. The van der Waals surface area contributed by atoms with Gasteiger partial charge in [0.1, 0.15) is 11.4 Å². The molecule has 0 fully saturated rings. The van der Waals surface area contributed by atoms with E-state index >= 15 is 0 Å². The summed E-state index contributed by atoms with van der Waals surface area (Å²) in [6, 6.07) is 5.79. The predicted octanol–water partition coefficient (Wildman–Crippen LogP) is 2.47. The Morgan fingerprint density at radius 1 is 1.41 bits per heavy atom. The van der Waals surface area contributed by atoms with Crippen molar-refractivity contribution < 1.29 is 14.6 Å². The molecule has 0 aliphatic carbocycles. The van der Waals surface area contributed by atoms with Crippen molar-refractivity contribution in [2.75, 3.05) is 6.61 Å². The van der Waals surface area contributed by atoms with Gasteiger partial charge in [0, 0.05) is 0 Å². The number of rotatable bonds is 5. The minimum atomic E-state index is -0.186. The molecule has 4 heteroatoms. The van der Waals surface area contributed by atoms with Gasteiger partial charge < -0.3 is 15.2 Å². The second-order valence-electron chi connectivity index (χ2n) is 7.08. The van der Waals surface area contributed by atoms with E-state index in [1.807, 2.05) is 26.0 Å². The van der Waals surface area contributed by atoms with Gasteiger partial charge >= 0.3 is 0 Å². The third kappa shape index (κ3) is 4.23. The highest BCUT2D eigenvalue weighted by molar-refractivity contribution is 5.79. The van der Waals surface area contributed by atoms with Crippen molar-refractivity contribution in [3.8, 4) is 5.75 Å². The number of aryl methyl sites for hydroxylation is 1. The lowest BCUT2D eigenvalue weighted by molar-refractivity contribution is -0.121. The van der Waals surface area contributed by atoms with Crippen LogP contribution in [0.15, 0.2) is 18.2 Å². The van der Waals surface area contributed by atoms with E-state index in [4.69, 9.17) is 4.74 Å². The zero-order valence-corrected chi connectivity index (χ0v) is 14.0. The SMILES string of the molecule is CC(C)[C@@H](CO)NC(=O)Cc1ccc2c(c1)CCC(C)(C)O2. The van der Waals surface area contributed by atoms with Gasteiger partial charge in [-0.1, -0.05) is 26.0 Å². The molecular weight excluding hydrogens is 278 g/mol. The quantitative estimate of drug-likeness (QED) is 0.878. The molecule has 1 amide bonds. The van der Waals surface area contributed by atoms with Crippen molar-refractivity contribution >= 4 is 5.91 Å². The normalized spacial score (nSPS) is 17.5. The summed E-state index contributed by atoms with van der Waals surface area (Å²) in [6.07, 6.45) is 2.29. The predicted molar refractivity (Wildman–Crippen MR) is 87.0 cm³/mol. The first kappa shape index (κ1) is 16.8. The Labute approximate surface area is 132 Å². The molecule has 0 saturated heterocycles. The molecular formula is C18H27NO3. The summed E-state index contributed by atoms with van der Waals surface area (Å²) in [7, 11) is 0. The van der Waals surface area contributed by atoms with Crippen molar-refractivity contribution in [3.05, 3.63) is 29.3 Å². The topological polar surface area (TPSA) is 58.6 Å². The van der Waals surface area contributed by atoms with Crippen molar-refractivity contribution in [3.63, 3.8) is 0 Å². The Morgan fingerprint density at radius 2 is 2.14 bits per heavy atom. The summed E-state index contributed by atoms with van der Waals surface area (Å²) in [5.41, 5.74) is 2.05. The number of nitrogens with one attached hydrogen (secondary N) is 1. The summed E-state index contributed by atoms with van der Waals surface area (Å²) in [6.45, 7) is 8.13. The van der Waals surface area contributed by atoms with Crippen LogP contribution in [0, 0.1) is 5.92 Å². The number of fused-ring (bicyclic) bond motifs is 1. The zero-order valence-electron chi connectivity index (χ0n) is 14.0. The number of carbonyl (C=O) groups excluding carboxylic acids is 1. The summed E-state index contributed by atoms with van der Waals surface area (Å²) in [4.78, 5) is 12.1. The lowest BCUT2D eigenvalue weighted by atomic mass is 9.93. The number of hydrogen-bond acceptors (Lipinski definition) is 3. The number of aliphatic hydroxyl groups is 1. The Kier molecular flexibility index (Phi) is 5.12. The second-order valence-corrected chi connectivity index (χ2v) is 7.08. The van der Waals surface area contributed by atoms with E-state index in [1.54, 1.807) is 0 Å². The zero-order chi connectivity index (χ0) is 16.3. The molecule has 0 radical (unpaired) electrons. The van der Waals surface area contributed by atoms with E-state index in [0.29, 0.717) is 6.42 Å². The van der Waals surface area contributed by atoms with Crippen LogP contribution in [-0.2, 0) is 17.6 Å². The molecule has 2 rings (SSSR count). The van der Waals surface area contributed by atoms with Crippen molar-refractivity contribution in [1.82, 2.24) is 5.32 Å². The molecule has 1 aromatic carbocycles. The van der Waals surface area contributed by atoms with E-state index in [-0.39, 0.29) is 30.1 Å². The van der Waals surface area contributed by atoms with Gasteiger partial charge in [-0.2, -0.15) is 0 Å². The van der Waals surface area contributed by atoms with Crippen LogP contribution in [0.1, 0.15) is 45.2 Å². The molecule has 4 nitrogen and oxygen atoms in total. The maximum absolute atomic E-state index is 12.1. The van der Waals surface area contributed by atoms with E-state index in [2.05, 4.69) is 25.2 Å². The van der Waals surface area contributed by atoms with Crippen LogP contribution >= 0.6 is 0 Å². The minimum Gasteiger partial charge on any atom is -0.488 e. The first-order valence-electron chi connectivity index (χ1n) is 8.02. The molecule has 1 aliphatic heterocycles. The fourth-order valence-electron chi connectivity index (χ4n) is 2.69. The van der Waals surface area contributed by atoms with Crippen LogP contribution in [0.3, 0.4) is 0 Å². The molecule has 2 N–H and O–H groups in total. The molecule has 0 saturated carbocycles. The average Bonchev–Trinajstić information content (AvgIpc) is 2.44. The highest BCUT2D eigenvalue weighted by Crippen LogP contribution is 2.33. The molecule has 1 aromatic rings. The first-order chi connectivity index (χ1) is 10.3. The highest BCUT2D eigenvalue weighted by Gasteiger charge is 2.26. The largest absolute Gasteiger partial charge is 0.488 e. The van der Waals surface area contributed by atoms with Gasteiger partial charge in [0.15, 0.2) is 0 Å². The maximum Gasteiger partial charge on any atom is 0.224 e. The fourth-order valence-corrected chi connectivity index (χ4v) is 2.69. The lowest BCUT2D eigenvalue weighted by Crippen LogP contribution is -2.41. The van der Waals surface area contributed by atoms with Gasteiger partial charge in [-0.15, -0.1) is 0 Å². The molecule has 0 aromatic heterocycles. The number of hydrogen-bond donors (Lipinski definition) is 2. The molecule has 1 atom stereocenters. The molecule has 0 unspecified atom stereocenters. The lowest BCUT2D eigenvalue weighted by Gasteiger charge is -2.32. The van der Waals surface area contributed by atoms with Gasteiger partial charge in [-0.25, -0.2) is 0 Å². The Hall–Kier alpha value is -1.55. The molecule has 0 bridgehead atoms. The second kappa shape index (κ2) is 6.69. The van der Waals surface area contributed by atoms with Crippen molar-refractivity contribution in [2.45, 2.75) is 58.6 Å². The van der Waals surface area contributed by atoms with Gasteiger partial charge in [-0.05, 0) is 49.8 Å². The molecule has 1 heterocycles. The fraction of sp³-hybridized carbons (Fsp3) is 0.611. The van der Waals surface area contributed by atoms with Gasteiger partial charge in [0.2, 0.25) is 5.91 Å². The number of ether oxygens (including phenoxy) is 1. The third-order valence-electron chi connectivity index (χ3n) is 4.22.